The van der Waals surface area contributed by atoms with Crippen LogP contribution >= 0.6 is 0 Å². The second-order valence-electron chi connectivity index (χ2n) is 4.97. The Balaban J connectivity index is 2.27. The van der Waals surface area contributed by atoms with Crippen molar-refractivity contribution in [2.75, 3.05) is 0 Å². The molecule has 5 nitrogen and oxygen atoms in total. The Morgan fingerprint density at radius 1 is 1.00 bits per heavy atom. The van der Waals surface area contributed by atoms with Crippen LogP contribution in [0.15, 0.2) is 36.4 Å². The Kier molecular flexibility index (Phi) is 3.17. The van der Waals surface area contributed by atoms with Gasteiger partial charge in [-0.05, 0) is 30.7 Å². The third kappa shape index (κ3) is 2.27. The highest BCUT2D eigenvalue weighted by Crippen LogP contribution is 2.36. The number of hydrogen-bond donors (Lipinski definition) is 3. The first kappa shape index (κ1) is 13.3. The van der Waals surface area contributed by atoms with E-state index >= 15 is 0 Å². The third-order valence-electron chi connectivity index (χ3n) is 3.41. The minimum Gasteiger partial charge on any atom is -0.508 e. The molecule has 0 radical (unpaired) electrons. The van der Waals surface area contributed by atoms with E-state index in [1.807, 2.05) is 11.6 Å². The molecule has 3 N–H and O–H groups in total. The van der Waals surface area contributed by atoms with Crippen molar-refractivity contribution in [3.8, 4) is 28.5 Å². The van der Waals surface area contributed by atoms with Crippen LogP contribution in [0.4, 0.5) is 0 Å². The molecule has 0 spiro atoms. The first-order valence-electron chi connectivity index (χ1n) is 6.82. The summed E-state index contributed by atoms with van der Waals surface area (Å²) in [5.41, 5.74) is 2.01. The van der Waals surface area contributed by atoms with Gasteiger partial charge in [0.25, 0.3) is 0 Å². The molecule has 0 atom stereocenters. The molecule has 0 amide bonds. The molecule has 3 rings (SSSR count). The molecule has 108 valence electrons. The summed E-state index contributed by atoms with van der Waals surface area (Å²) < 4.78 is 1.82. The van der Waals surface area contributed by atoms with Crippen LogP contribution in [0.3, 0.4) is 0 Å². The fourth-order valence-electron chi connectivity index (χ4n) is 2.46. The monoisotopic (exact) mass is 284 g/mol. The summed E-state index contributed by atoms with van der Waals surface area (Å²) in [4.78, 5) is 0. The van der Waals surface area contributed by atoms with Crippen molar-refractivity contribution in [2.45, 2.75) is 19.9 Å². The highest BCUT2D eigenvalue weighted by molar-refractivity contribution is 5.95. The van der Waals surface area contributed by atoms with Crippen LogP contribution in [0.5, 0.6) is 17.2 Å². The number of fused-ring (bicyclic) bond motifs is 1. The quantitative estimate of drug-likeness (QED) is 0.690. The number of aryl methyl sites for hydroxylation is 1. The lowest BCUT2D eigenvalue weighted by Crippen LogP contribution is -1.98. The van der Waals surface area contributed by atoms with Gasteiger partial charge in [0.15, 0.2) is 0 Å². The fourth-order valence-corrected chi connectivity index (χ4v) is 2.46. The van der Waals surface area contributed by atoms with Crippen LogP contribution in [0.2, 0.25) is 0 Å². The Labute approximate surface area is 121 Å². The lowest BCUT2D eigenvalue weighted by Gasteiger charge is -2.02. The van der Waals surface area contributed by atoms with Gasteiger partial charge in [-0.3, -0.25) is 4.68 Å². The number of nitrogens with zero attached hydrogens (tertiary/aromatic N) is 2. The van der Waals surface area contributed by atoms with Crippen molar-refractivity contribution in [3.05, 3.63) is 36.4 Å². The van der Waals surface area contributed by atoms with E-state index in [9.17, 15) is 15.3 Å². The molecule has 0 saturated heterocycles. The lowest BCUT2D eigenvalue weighted by atomic mass is 10.1. The van der Waals surface area contributed by atoms with Gasteiger partial charge >= 0.3 is 0 Å². The molecule has 0 aliphatic heterocycles. The third-order valence-corrected chi connectivity index (χ3v) is 3.41. The topological polar surface area (TPSA) is 78.5 Å². The minimum absolute atomic E-state index is 0.00573. The van der Waals surface area contributed by atoms with E-state index in [4.69, 9.17) is 0 Å². The predicted octanol–water partition coefficient (Wildman–Crippen LogP) is 3.23. The molecule has 1 aromatic heterocycles. The van der Waals surface area contributed by atoms with Crippen LogP contribution in [-0.2, 0) is 6.54 Å². The summed E-state index contributed by atoms with van der Waals surface area (Å²) in [6.07, 6.45) is 0.910. The van der Waals surface area contributed by atoms with Crippen LogP contribution in [0.25, 0.3) is 22.2 Å². The van der Waals surface area contributed by atoms with Crippen molar-refractivity contribution >= 4 is 10.9 Å². The van der Waals surface area contributed by atoms with Gasteiger partial charge in [-0.2, -0.15) is 5.10 Å². The zero-order valence-corrected chi connectivity index (χ0v) is 11.6. The van der Waals surface area contributed by atoms with E-state index < -0.39 is 0 Å². The molecule has 0 unspecified atom stereocenters. The highest BCUT2D eigenvalue weighted by Gasteiger charge is 2.15. The van der Waals surface area contributed by atoms with E-state index in [1.165, 1.54) is 12.1 Å². The normalized spacial score (nSPS) is 11.1. The van der Waals surface area contributed by atoms with Crippen molar-refractivity contribution in [1.29, 1.82) is 0 Å². The maximum absolute atomic E-state index is 10.0. The smallest absolute Gasteiger partial charge is 0.128 e. The number of hydrogen-bond acceptors (Lipinski definition) is 4. The maximum Gasteiger partial charge on any atom is 0.128 e. The van der Waals surface area contributed by atoms with Gasteiger partial charge in [-0.25, -0.2) is 0 Å². The van der Waals surface area contributed by atoms with Gasteiger partial charge in [0.2, 0.25) is 0 Å². The van der Waals surface area contributed by atoms with Gasteiger partial charge in [-0.1, -0.05) is 6.92 Å². The van der Waals surface area contributed by atoms with Gasteiger partial charge < -0.3 is 15.3 Å². The summed E-state index contributed by atoms with van der Waals surface area (Å²) in [5, 5.41) is 34.5. The molecule has 0 bridgehead atoms. The summed E-state index contributed by atoms with van der Waals surface area (Å²) in [6.45, 7) is 2.77. The molecule has 2 aromatic carbocycles. The van der Waals surface area contributed by atoms with Gasteiger partial charge in [0.05, 0.1) is 5.52 Å². The Morgan fingerprint density at radius 3 is 2.43 bits per heavy atom. The van der Waals surface area contributed by atoms with Gasteiger partial charge in [0, 0.05) is 29.6 Å². The first-order chi connectivity index (χ1) is 10.1. The fraction of sp³-hybridized carbons (Fsp3) is 0.188. The van der Waals surface area contributed by atoms with Crippen molar-refractivity contribution in [2.24, 2.45) is 0 Å². The zero-order chi connectivity index (χ0) is 15.0. The second-order valence-corrected chi connectivity index (χ2v) is 4.97. The standard InChI is InChI=1S/C16H16N2O3/c1-2-7-18-14-8-10(19)3-5-12(14)16(17-18)13-6-4-11(20)9-15(13)21/h3-6,8-9,19-21H,2,7H2,1H3. The summed E-state index contributed by atoms with van der Waals surface area (Å²) in [7, 11) is 0. The molecule has 21 heavy (non-hydrogen) atoms. The lowest BCUT2D eigenvalue weighted by molar-refractivity contribution is 0.451. The van der Waals surface area contributed by atoms with Crippen molar-refractivity contribution in [1.82, 2.24) is 9.78 Å². The van der Waals surface area contributed by atoms with Crippen LogP contribution < -0.4 is 0 Å². The Bertz CT molecular complexity index is 809. The van der Waals surface area contributed by atoms with E-state index in [2.05, 4.69) is 5.10 Å². The van der Waals surface area contributed by atoms with Crippen LogP contribution in [0, 0.1) is 0 Å². The molecule has 0 fully saturated rings. The second kappa shape index (κ2) is 5.01. The minimum atomic E-state index is -0.0221. The number of phenols is 3. The molecule has 0 saturated carbocycles. The first-order valence-corrected chi connectivity index (χ1v) is 6.82. The summed E-state index contributed by atoms with van der Waals surface area (Å²) >= 11 is 0. The maximum atomic E-state index is 10.0. The average molecular weight is 284 g/mol. The van der Waals surface area contributed by atoms with Gasteiger partial charge in [0.1, 0.15) is 22.9 Å². The van der Waals surface area contributed by atoms with Crippen LogP contribution in [-0.4, -0.2) is 25.1 Å². The predicted molar refractivity (Wildman–Crippen MR) is 80.5 cm³/mol. The van der Waals surface area contributed by atoms with E-state index in [0.29, 0.717) is 11.3 Å². The SMILES string of the molecule is CCCn1nc(-c2ccc(O)cc2O)c2ccc(O)cc21. The van der Waals surface area contributed by atoms with Gasteiger partial charge in [-0.15, -0.1) is 0 Å². The van der Waals surface area contributed by atoms with Crippen molar-refractivity contribution < 1.29 is 15.3 Å². The molecule has 1 heterocycles. The van der Waals surface area contributed by atoms with Crippen LogP contribution in [0.1, 0.15) is 13.3 Å². The largest absolute Gasteiger partial charge is 0.508 e. The molecule has 0 aliphatic carbocycles. The highest BCUT2D eigenvalue weighted by atomic mass is 16.3. The molecule has 3 aromatic rings. The average Bonchev–Trinajstić information content (AvgIpc) is 2.77. The number of benzene rings is 2. The molecule has 5 heteroatoms. The Morgan fingerprint density at radius 2 is 1.71 bits per heavy atom. The van der Waals surface area contributed by atoms with E-state index in [-0.39, 0.29) is 17.2 Å². The molecular weight excluding hydrogens is 268 g/mol. The summed E-state index contributed by atoms with van der Waals surface area (Å²) in [5.74, 6) is 0.165. The number of aromatic nitrogens is 2. The molecular formula is C16H16N2O3. The number of phenolic OH excluding ortho intramolecular Hbond substituents is 3. The zero-order valence-electron chi connectivity index (χ0n) is 11.6. The Hall–Kier alpha value is -2.69. The van der Waals surface area contributed by atoms with E-state index in [1.54, 1.807) is 24.3 Å². The number of aromatic hydroxyl groups is 3. The number of rotatable bonds is 3. The van der Waals surface area contributed by atoms with Crippen molar-refractivity contribution in [3.63, 3.8) is 0 Å². The summed E-state index contributed by atoms with van der Waals surface area (Å²) in [6, 6.07) is 9.49. The van der Waals surface area contributed by atoms with E-state index in [0.717, 1.165) is 23.9 Å². The molecule has 0 aliphatic rings.